The van der Waals surface area contributed by atoms with Crippen LogP contribution in [0, 0.1) is 0 Å². The fourth-order valence-corrected chi connectivity index (χ4v) is 3.65. The van der Waals surface area contributed by atoms with Gasteiger partial charge in [0.25, 0.3) is 11.5 Å². The zero-order valence-corrected chi connectivity index (χ0v) is 18.1. The molecule has 1 heterocycles. The fourth-order valence-electron chi connectivity index (χ4n) is 2.75. The van der Waals surface area contributed by atoms with Crippen LogP contribution in [0.3, 0.4) is 0 Å². The minimum Gasteiger partial charge on any atom is -0.492 e. The van der Waals surface area contributed by atoms with Crippen LogP contribution in [-0.2, 0) is 23.1 Å². The Kier molecular flexibility index (Phi) is 8.12. The van der Waals surface area contributed by atoms with Gasteiger partial charge in [0.15, 0.2) is 0 Å². The third-order valence-corrected chi connectivity index (χ3v) is 5.74. The van der Waals surface area contributed by atoms with Crippen molar-refractivity contribution in [1.82, 2.24) is 19.8 Å². The van der Waals surface area contributed by atoms with Crippen molar-refractivity contribution in [2.24, 2.45) is 0 Å². The zero-order chi connectivity index (χ0) is 22.8. The van der Waals surface area contributed by atoms with Gasteiger partial charge in [-0.1, -0.05) is 48.5 Å². The van der Waals surface area contributed by atoms with Crippen LogP contribution in [0.1, 0.15) is 16.1 Å². The maximum absolute atomic E-state index is 12.3. The third kappa shape index (κ3) is 7.33. The molecule has 10 heteroatoms. The second kappa shape index (κ2) is 11.2. The minimum atomic E-state index is -3.57. The van der Waals surface area contributed by atoms with E-state index in [9.17, 15) is 18.0 Å². The topological polar surface area (TPSA) is 119 Å². The van der Waals surface area contributed by atoms with Crippen molar-refractivity contribution >= 4 is 15.9 Å². The van der Waals surface area contributed by atoms with Gasteiger partial charge in [-0.05, 0) is 23.8 Å². The van der Waals surface area contributed by atoms with Gasteiger partial charge in [0, 0.05) is 19.2 Å². The molecule has 0 atom stereocenters. The average Bonchev–Trinajstić information content (AvgIpc) is 2.80. The normalized spacial score (nSPS) is 11.1. The molecule has 9 nitrogen and oxygen atoms in total. The first-order valence-electron chi connectivity index (χ1n) is 9.98. The smallest absolute Gasteiger partial charge is 0.271 e. The van der Waals surface area contributed by atoms with Crippen molar-refractivity contribution in [3.8, 4) is 5.75 Å². The largest absolute Gasteiger partial charge is 0.492 e. The van der Waals surface area contributed by atoms with Gasteiger partial charge in [0.2, 0.25) is 10.0 Å². The Balaban J connectivity index is 1.48. The summed E-state index contributed by atoms with van der Waals surface area (Å²) in [5, 5.41) is 6.56. The molecule has 2 N–H and O–H groups in total. The molecule has 0 spiro atoms. The quantitative estimate of drug-likeness (QED) is 0.447. The Hall–Kier alpha value is -3.50. The van der Waals surface area contributed by atoms with E-state index in [1.165, 1.54) is 12.1 Å². The molecule has 0 radical (unpaired) electrons. The van der Waals surface area contributed by atoms with Crippen LogP contribution in [-0.4, -0.2) is 43.0 Å². The molecule has 0 bridgehead atoms. The van der Waals surface area contributed by atoms with Crippen LogP contribution in [0.25, 0.3) is 0 Å². The Morgan fingerprint density at radius 1 is 0.969 bits per heavy atom. The Bertz CT molecular complexity index is 1180. The van der Waals surface area contributed by atoms with Gasteiger partial charge < -0.3 is 10.1 Å². The lowest BCUT2D eigenvalue weighted by Gasteiger charge is -2.10. The number of aromatic nitrogens is 2. The van der Waals surface area contributed by atoms with Gasteiger partial charge in [-0.25, -0.2) is 17.8 Å². The van der Waals surface area contributed by atoms with Crippen LogP contribution in [0.4, 0.5) is 0 Å². The molecule has 0 unspecified atom stereocenters. The Morgan fingerprint density at radius 3 is 2.38 bits per heavy atom. The number of carbonyl (C=O) groups is 1. The molecule has 3 aromatic rings. The van der Waals surface area contributed by atoms with Gasteiger partial charge in [0.1, 0.15) is 18.1 Å². The molecule has 168 valence electrons. The average molecular weight is 457 g/mol. The number of ether oxygens (including phenoxy) is 1. The molecule has 3 rings (SSSR count). The number of para-hydroxylation sites is 1. The van der Waals surface area contributed by atoms with Crippen molar-refractivity contribution in [2.45, 2.75) is 13.1 Å². The van der Waals surface area contributed by atoms with Gasteiger partial charge in [0.05, 0.1) is 12.3 Å². The monoisotopic (exact) mass is 456 g/mol. The molecule has 0 aliphatic carbocycles. The van der Waals surface area contributed by atoms with Crippen molar-refractivity contribution in [1.29, 1.82) is 0 Å². The highest BCUT2D eigenvalue weighted by molar-refractivity contribution is 7.89. The van der Waals surface area contributed by atoms with Crippen molar-refractivity contribution < 1.29 is 17.9 Å². The SMILES string of the molecule is O=C(NCCS(=O)(=O)NCc1ccccc1)c1ccc(=O)n(CCOc2ccccc2)n1. The molecule has 32 heavy (non-hydrogen) atoms. The second-order valence-corrected chi connectivity index (χ2v) is 8.75. The van der Waals surface area contributed by atoms with E-state index < -0.39 is 15.9 Å². The molecule has 1 amide bonds. The predicted molar refractivity (Wildman–Crippen MR) is 120 cm³/mol. The summed E-state index contributed by atoms with van der Waals surface area (Å²) in [5.41, 5.74) is 0.479. The molecule has 0 aliphatic heterocycles. The minimum absolute atomic E-state index is 0.0129. The Morgan fingerprint density at radius 2 is 1.66 bits per heavy atom. The van der Waals surface area contributed by atoms with Gasteiger partial charge in [-0.15, -0.1) is 0 Å². The molecule has 0 aliphatic rings. The summed E-state index contributed by atoms with van der Waals surface area (Å²) in [7, 11) is -3.57. The number of nitrogens with one attached hydrogen (secondary N) is 2. The van der Waals surface area contributed by atoms with E-state index in [0.717, 1.165) is 10.2 Å². The van der Waals surface area contributed by atoms with E-state index in [2.05, 4.69) is 15.1 Å². The lowest BCUT2D eigenvalue weighted by Crippen LogP contribution is -2.35. The highest BCUT2D eigenvalue weighted by atomic mass is 32.2. The van der Waals surface area contributed by atoms with Crippen LogP contribution >= 0.6 is 0 Å². The van der Waals surface area contributed by atoms with E-state index in [-0.39, 0.29) is 43.2 Å². The molecule has 2 aromatic carbocycles. The van der Waals surface area contributed by atoms with Crippen LogP contribution in [0.15, 0.2) is 77.6 Å². The van der Waals surface area contributed by atoms with Gasteiger partial charge >= 0.3 is 0 Å². The number of hydrogen-bond acceptors (Lipinski definition) is 6. The molecular formula is C22H24N4O5S. The third-order valence-electron chi connectivity index (χ3n) is 4.41. The predicted octanol–water partition coefficient (Wildman–Crippen LogP) is 1.17. The van der Waals surface area contributed by atoms with E-state index in [1.807, 2.05) is 48.5 Å². The lowest BCUT2D eigenvalue weighted by atomic mass is 10.2. The molecule has 0 saturated heterocycles. The number of amides is 1. The van der Waals surface area contributed by atoms with Gasteiger partial charge in [-0.2, -0.15) is 5.10 Å². The van der Waals surface area contributed by atoms with Crippen LogP contribution in [0.5, 0.6) is 5.75 Å². The first-order valence-corrected chi connectivity index (χ1v) is 11.6. The maximum Gasteiger partial charge on any atom is 0.271 e. The number of nitrogens with zero attached hydrogens (tertiary/aromatic N) is 2. The summed E-state index contributed by atoms with van der Waals surface area (Å²) >= 11 is 0. The number of hydrogen-bond donors (Lipinski definition) is 2. The second-order valence-electron chi connectivity index (χ2n) is 6.82. The summed E-state index contributed by atoms with van der Waals surface area (Å²) in [6.45, 7) is 0.440. The molecule has 1 aromatic heterocycles. The standard InChI is InChI=1S/C22H24N4O5S/c27-21-12-11-20(25-26(21)14-15-31-19-9-5-2-6-10-19)22(28)23-13-16-32(29,30)24-17-18-7-3-1-4-8-18/h1-12,24H,13-17H2,(H,23,28). The number of rotatable bonds is 11. The fraction of sp³-hybridized carbons (Fsp3) is 0.227. The number of sulfonamides is 1. The van der Waals surface area contributed by atoms with Crippen molar-refractivity contribution in [2.75, 3.05) is 18.9 Å². The van der Waals surface area contributed by atoms with Crippen molar-refractivity contribution in [3.05, 3.63) is 94.4 Å². The summed E-state index contributed by atoms with van der Waals surface area (Å²) in [6.07, 6.45) is 0. The molecular weight excluding hydrogens is 432 g/mol. The summed E-state index contributed by atoms with van der Waals surface area (Å²) in [6, 6.07) is 20.8. The van der Waals surface area contributed by atoms with Crippen molar-refractivity contribution in [3.63, 3.8) is 0 Å². The number of benzene rings is 2. The first-order chi connectivity index (χ1) is 15.4. The van der Waals surface area contributed by atoms with E-state index >= 15 is 0 Å². The molecule has 0 saturated carbocycles. The van der Waals surface area contributed by atoms with E-state index in [4.69, 9.17) is 4.74 Å². The van der Waals surface area contributed by atoms with E-state index in [1.54, 1.807) is 12.1 Å². The Labute approximate surface area is 186 Å². The number of carbonyl (C=O) groups excluding carboxylic acids is 1. The molecule has 0 fully saturated rings. The summed E-state index contributed by atoms with van der Waals surface area (Å²) in [5.74, 6) is -0.187. The van der Waals surface area contributed by atoms with Crippen LogP contribution in [0.2, 0.25) is 0 Å². The highest BCUT2D eigenvalue weighted by Gasteiger charge is 2.13. The first kappa shape index (κ1) is 23.2. The van der Waals surface area contributed by atoms with Crippen LogP contribution < -0.4 is 20.3 Å². The summed E-state index contributed by atoms with van der Waals surface area (Å²) in [4.78, 5) is 24.3. The van der Waals surface area contributed by atoms with Gasteiger partial charge in [-0.3, -0.25) is 9.59 Å². The zero-order valence-electron chi connectivity index (χ0n) is 17.3. The van der Waals surface area contributed by atoms with E-state index in [0.29, 0.717) is 5.75 Å². The maximum atomic E-state index is 12.3. The summed E-state index contributed by atoms with van der Waals surface area (Å²) < 4.78 is 33.4. The lowest BCUT2D eigenvalue weighted by molar-refractivity contribution is 0.0948. The highest BCUT2D eigenvalue weighted by Crippen LogP contribution is 2.07.